The molecule has 3 rings (SSSR count). The SMILES string of the molecule is CCN1CCc2nc(NC(=O)C3(OC)CCNCC3)sc2C1.Cl.Cl. The summed E-state index contributed by atoms with van der Waals surface area (Å²) in [5, 5.41) is 6.97. The van der Waals surface area contributed by atoms with Crippen molar-refractivity contribution in [1.82, 2.24) is 15.2 Å². The molecule has 1 aromatic heterocycles. The van der Waals surface area contributed by atoms with Gasteiger partial charge in [-0.1, -0.05) is 6.92 Å². The van der Waals surface area contributed by atoms with Crippen LogP contribution in [0, 0.1) is 0 Å². The summed E-state index contributed by atoms with van der Waals surface area (Å²) >= 11 is 1.60. The summed E-state index contributed by atoms with van der Waals surface area (Å²) in [5.74, 6) is -0.0602. The lowest BCUT2D eigenvalue weighted by Crippen LogP contribution is -2.51. The average molecular weight is 397 g/mol. The van der Waals surface area contributed by atoms with E-state index in [2.05, 4.69) is 27.4 Å². The van der Waals surface area contributed by atoms with Gasteiger partial charge in [0.15, 0.2) is 5.13 Å². The quantitative estimate of drug-likeness (QED) is 0.815. The lowest BCUT2D eigenvalue weighted by molar-refractivity contribution is -0.140. The number of hydrogen-bond acceptors (Lipinski definition) is 6. The van der Waals surface area contributed by atoms with E-state index in [0.29, 0.717) is 18.0 Å². The fraction of sp³-hybridized carbons (Fsp3) is 0.733. The van der Waals surface area contributed by atoms with E-state index in [0.717, 1.165) is 44.8 Å². The Kier molecular flexibility index (Phi) is 8.38. The molecule has 1 fully saturated rings. The third-order valence-electron chi connectivity index (χ3n) is 4.69. The first-order valence-electron chi connectivity index (χ1n) is 7.95. The molecule has 0 bridgehead atoms. The number of carbonyl (C=O) groups is 1. The molecular weight excluding hydrogens is 371 g/mol. The number of carbonyl (C=O) groups excluding carboxylic acids is 1. The Bertz CT molecular complexity index is 550. The summed E-state index contributed by atoms with van der Waals surface area (Å²) in [5.41, 5.74) is 0.425. The standard InChI is InChI=1S/C15H24N4O2S.2ClH/c1-3-19-9-4-11-12(10-19)22-14(17-11)18-13(20)15(21-2)5-7-16-8-6-15;;/h16H,3-10H2,1-2H3,(H,17,18,20);2*1H. The molecule has 24 heavy (non-hydrogen) atoms. The Morgan fingerprint density at radius 3 is 2.75 bits per heavy atom. The zero-order valence-corrected chi connectivity index (χ0v) is 16.5. The minimum atomic E-state index is -0.715. The van der Waals surface area contributed by atoms with Crippen LogP contribution in [0.25, 0.3) is 0 Å². The normalized spacial score (nSPS) is 19.6. The third kappa shape index (κ3) is 4.39. The van der Waals surface area contributed by atoms with Crippen molar-refractivity contribution < 1.29 is 9.53 Å². The number of thiazole rings is 1. The molecule has 0 unspecified atom stereocenters. The van der Waals surface area contributed by atoms with Crippen molar-refractivity contribution in [2.75, 3.05) is 38.6 Å². The van der Waals surface area contributed by atoms with Crippen LogP contribution in [-0.4, -0.2) is 54.7 Å². The van der Waals surface area contributed by atoms with Crippen molar-refractivity contribution in [1.29, 1.82) is 0 Å². The molecule has 1 saturated heterocycles. The van der Waals surface area contributed by atoms with Crippen LogP contribution in [0.15, 0.2) is 0 Å². The molecule has 138 valence electrons. The molecule has 1 amide bonds. The van der Waals surface area contributed by atoms with E-state index in [1.165, 1.54) is 4.88 Å². The van der Waals surface area contributed by atoms with Crippen molar-refractivity contribution in [2.24, 2.45) is 0 Å². The minimum Gasteiger partial charge on any atom is -0.368 e. The summed E-state index contributed by atoms with van der Waals surface area (Å²) in [4.78, 5) is 20.9. The Balaban J connectivity index is 0.00000144. The van der Waals surface area contributed by atoms with Crippen molar-refractivity contribution in [3.8, 4) is 0 Å². The van der Waals surface area contributed by atoms with Crippen molar-refractivity contribution in [3.63, 3.8) is 0 Å². The van der Waals surface area contributed by atoms with Gasteiger partial charge in [-0.05, 0) is 32.5 Å². The van der Waals surface area contributed by atoms with E-state index in [1.54, 1.807) is 18.4 Å². The number of likely N-dealkylation sites (N-methyl/N-ethyl adjacent to an activating group) is 1. The van der Waals surface area contributed by atoms with Crippen LogP contribution >= 0.6 is 36.2 Å². The number of halogens is 2. The van der Waals surface area contributed by atoms with Gasteiger partial charge in [-0.15, -0.1) is 36.2 Å². The van der Waals surface area contributed by atoms with E-state index >= 15 is 0 Å². The molecule has 0 atom stereocenters. The second-order valence-electron chi connectivity index (χ2n) is 5.91. The highest BCUT2D eigenvalue weighted by atomic mass is 35.5. The highest BCUT2D eigenvalue weighted by Gasteiger charge is 2.40. The number of rotatable bonds is 4. The number of nitrogens with one attached hydrogen (secondary N) is 2. The van der Waals surface area contributed by atoms with Crippen LogP contribution in [0.4, 0.5) is 5.13 Å². The Morgan fingerprint density at radius 2 is 2.12 bits per heavy atom. The van der Waals surface area contributed by atoms with Crippen molar-refractivity contribution >= 4 is 47.2 Å². The van der Waals surface area contributed by atoms with Gasteiger partial charge < -0.3 is 10.1 Å². The monoisotopic (exact) mass is 396 g/mol. The molecule has 2 aliphatic rings. The first-order valence-corrected chi connectivity index (χ1v) is 8.77. The predicted molar refractivity (Wildman–Crippen MR) is 102 cm³/mol. The van der Waals surface area contributed by atoms with Crippen LogP contribution in [0.2, 0.25) is 0 Å². The Hall–Kier alpha value is -0.440. The zero-order valence-electron chi connectivity index (χ0n) is 14.1. The van der Waals surface area contributed by atoms with Crippen LogP contribution in [0.5, 0.6) is 0 Å². The van der Waals surface area contributed by atoms with Crippen LogP contribution in [0.3, 0.4) is 0 Å². The van der Waals surface area contributed by atoms with E-state index < -0.39 is 5.60 Å². The third-order valence-corrected chi connectivity index (χ3v) is 5.69. The van der Waals surface area contributed by atoms with Crippen molar-refractivity contribution in [2.45, 2.75) is 38.3 Å². The highest BCUT2D eigenvalue weighted by molar-refractivity contribution is 7.15. The zero-order chi connectivity index (χ0) is 15.6. The molecule has 0 aliphatic carbocycles. The van der Waals surface area contributed by atoms with Gasteiger partial charge in [0.25, 0.3) is 5.91 Å². The van der Waals surface area contributed by atoms with E-state index in [4.69, 9.17) is 4.74 Å². The number of methoxy groups -OCH3 is 1. The summed E-state index contributed by atoms with van der Waals surface area (Å²) in [6, 6.07) is 0. The summed E-state index contributed by atoms with van der Waals surface area (Å²) in [7, 11) is 1.62. The maximum atomic E-state index is 12.6. The molecule has 3 heterocycles. The average Bonchev–Trinajstić information content (AvgIpc) is 2.96. The van der Waals surface area contributed by atoms with E-state index in [9.17, 15) is 4.79 Å². The number of ether oxygens (including phenoxy) is 1. The first kappa shape index (κ1) is 21.6. The maximum Gasteiger partial charge on any atom is 0.258 e. The van der Waals surface area contributed by atoms with Gasteiger partial charge in [-0.3, -0.25) is 15.0 Å². The smallest absolute Gasteiger partial charge is 0.258 e. The lowest BCUT2D eigenvalue weighted by atomic mass is 9.91. The van der Waals surface area contributed by atoms with Crippen molar-refractivity contribution in [3.05, 3.63) is 10.6 Å². The molecule has 0 saturated carbocycles. The van der Waals surface area contributed by atoms with Gasteiger partial charge in [-0.2, -0.15) is 0 Å². The largest absolute Gasteiger partial charge is 0.368 e. The number of amides is 1. The molecule has 9 heteroatoms. The topological polar surface area (TPSA) is 66.5 Å². The molecule has 0 radical (unpaired) electrons. The molecule has 2 aliphatic heterocycles. The number of fused-ring (bicyclic) bond motifs is 1. The number of anilines is 1. The maximum absolute atomic E-state index is 12.6. The van der Waals surface area contributed by atoms with E-state index in [1.807, 2.05) is 0 Å². The first-order chi connectivity index (χ1) is 10.7. The van der Waals surface area contributed by atoms with Gasteiger partial charge in [-0.25, -0.2) is 4.98 Å². The highest BCUT2D eigenvalue weighted by Crippen LogP contribution is 2.30. The van der Waals surface area contributed by atoms with Crippen LogP contribution in [0.1, 0.15) is 30.3 Å². The Labute approximate surface area is 159 Å². The lowest BCUT2D eigenvalue weighted by Gasteiger charge is -2.34. The number of nitrogens with zero attached hydrogens (tertiary/aromatic N) is 2. The van der Waals surface area contributed by atoms with Gasteiger partial charge in [0.2, 0.25) is 0 Å². The van der Waals surface area contributed by atoms with E-state index in [-0.39, 0.29) is 30.7 Å². The predicted octanol–water partition coefficient (Wildman–Crippen LogP) is 2.07. The van der Waals surface area contributed by atoms with Gasteiger partial charge >= 0.3 is 0 Å². The summed E-state index contributed by atoms with van der Waals surface area (Å²) in [6.07, 6.45) is 2.36. The summed E-state index contributed by atoms with van der Waals surface area (Å²) < 4.78 is 5.57. The summed E-state index contributed by atoms with van der Waals surface area (Å²) in [6.45, 7) is 6.84. The minimum absolute atomic E-state index is 0. The molecule has 0 aromatic carbocycles. The molecule has 2 N–H and O–H groups in total. The molecular formula is C15H26Cl2N4O2S. The number of piperidine rings is 1. The molecule has 1 aromatic rings. The van der Waals surface area contributed by atoms with Crippen LogP contribution < -0.4 is 10.6 Å². The number of hydrogen-bond donors (Lipinski definition) is 2. The fourth-order valence-corrected chi connectivity index (χ4v) is 4.18. The van der Waals surface area contributed by atoms with Gasteiger partial charge in [0.05, 0.1) is 5.69 Å². The molecule has 6 nitrogen and oxygen atoms in total. The van der Waals surface area contributed by atoms with Gasteiger partial charge in [0.1, 0.15) is 5.60 Å². The molecule has 0 spiro atoms. The van der Waals surface area contributed by atoms with Gasteiger partial charge in [0, 0.05) is 31.5 Å². The Morgan fingerprint density at radius 1 is 1.42 bits per heavy atom. The second-order valence-corrected chi connectivity index (χ2v) is 6.99. The number of aromatic nitrogens is 1. The van der Waals surface area contributed by atoms with Crippen LogP contribution in [-0.2, 0) is 22.5 Å². The fourth-order valence-electron chi connectivity index (χ4n) is 3.14. The second kappa shape index (κ2) is 9.31.